The van der Waals surface area contributed by atoms with Crippen molar-refractivity contribution < 1.29 is 19.1 Å². The lowest BCUT2D eigenvalue weighted by Gasteiger charge is -2.42. The van der Waals surface area contributed by atoms with Gasteiger partial charge in [-0.1, -0.05) is 44.9 Å². The van der Waals surface area contributed by atoms with E-state index in [1.165, 1.54) is 6.42 Å². The predicted molar refractivity (Wildman–Crippen MR) is 129 cm³/mol. The smallest absolute Gasteiger partial charge is 0.254 e. The van der Waals surface area contributed by atoms with Crippen LogP contribution in [0.2, 0.25) is 0 Å². The highest BCUT2D eigenvalue weighted by Gasteiger charge is 2.35. The molecule has 0 aromatic heterocycles. The number of rotatable bonds is 6. The lowest BCUT2D eigenvalue weighted by Crippen LogP contribution is -2.46. The lowest BCUT2D eigenvalue weighted by molar-refractivity contribution is -0.128. The Morgan fingerprint density at radius 3 is 2.71 bits per heavy atom. The first-order valence-electron chi connectivity index (χ1n) is 12.6. The van der Waals surface area contributed by atoms with Crippen LogP contribution in [0.4, 0.5) is 0 Å². The topological polar surface area (TPSA) is 59.1 Å². The van der Waals surface area contributed by atoms with E-state index in [2.05, 4.69) is 18.7 Å². The van der Waals surface area contributed by atoms with Gasteiger partial charge >= 0.3 is 0 Å². The number of likely N-dealkylation sites (tertiary alicyclic amines) is 1. The first-order chi connectivity index (χ1) is 16.5. The highest BCUT2D eigenvalue weighted by molar-refractivity contribution is 5.94. The Labute approximate surface area is 201 Å². The molecule has 34 heavy (non-hydrogen) atoms. The van der Waals surface area contributed by atoms with E-state index < -0.39 is 0 Å². The summed E-state index contributed by atoms with van der Waals surface area (Å²) >= 11 is 0. The van der Waals surface area contributed by atoms with Gasteiger partial charge in [0.1, 0.15) is 0 Å². The summed E-state index contributed by atoms with van der Waals surface area (Å²) in [6.07, 6.45) is 4.91. The van der Waals surface area contributed by atoms with Crippen molar-refractivity contribution in [3.63, 3.8) is 0 Å². The van der Waals surface area contributed by atoms with Crippen LogP contribution in [0.3, 0.4) is 0 Å². The zero-order chi connectivity index (χ0) is 23.7. The van der Waals surface area contributed by atoms with Crippen molar-refractivity contribution in [2.45, 2.75) is 65.1 Å². The summed E-state index contributed by atoms with van der Waals surface area (Å²) in [5, 5.41) is 0. The first kappa shape index (κ1) is 22.8. The average molecular weight is 463 g/mol. The Morgan fingerprint density at radius 2 is 1.88 bits per heavy atom. The van der Waals surface area contributed by atoms with Gasteiger partial charge in [0.2, 0.25) is 12.7 Å². The fraction of sp³-hybridized carbons (Fsp3) is 0.500. The average Bonchev–Trinajstić information content (AvgIpc) is 3.47. The molecule has 3 atom stereocenters. The summed E-state index contributed by atoms with van der Waals surface area (Å²) in [5.41, 5.74) is 2.74. The molecule has 3 aliphatic rings. The van der Waals surface area contributed by atoms with Crippen LogP contribution in [0.25, 0.3) is 0 Å². The Kier molecular flexibility index (Phi) is 6.48. The summed E-state index contributed by atoms with van der Waals surface area (Å²) in [6, 6.07) is 14.0. The van der Waals surface area contributed by atoms with E-state index in [9.17, 15) is 9.59 Å². The van der Waals surface area contributed by atoms with Gasteiger partial charge in [-0.2, -0.15) is 0 Å². The molecule has 0 spiro atoms. The molecule has 1 aliphatic carbocycles. The monoisotopic (exact) mass is 462 g/mol. The minimum absolute atomic E-state index is 0.0539. The molecule has 1 saturated carbocycles. The SMILES string of the molecule is CC1CCCC(N(Cc2ccc3c(c2)OCO3)C(=O)c2cccc(CN3CCCC3=O)c2)C1C. The molecule has 3 unspecified atom stereocenters. The maximum Gasteiger partial charge on any atom is 0.254 e. The van der Waals surface area contributed by atoms with Crippen molar-refractivity contribution in [1.29, 1.82) is 0 Å². The van der Waals surface area contributed by atoms with E-state index in [0.717, 1.165) is 48.4 Å². The van der Waals surface area contributed by atoms with Gasteiger partial charge in [-0.25, -0.2) is 0 Å². The Balaban J connectivity index is 1.42. The van der Waals surface area contributed by atoms with Crippen LogP contribution in [0.15, 0.2) is 42.5 Å². The minimum atomic E-state index is 0.0539. The molecule has 0 N–H and O–H groups in total. The molecule has 2 aromatic rings. The molecule has 2 aromatic carbocycles. The van der Waals surface area contributed by atoms with E-state index in [4.69, 9.17) is 9.47 Å². The van der Waals surface area contributed by atoms with E-state index in [1.54, 1.807) is 0 Å². The van der Waals surface area contributed by atoms with Crippen molar-refractivity contribution in [3.8, 4) is 11.5 Å². The molecule has 6 heteroatoms. The standard InChI is InChI=1S/C28H34N2O4/c1-19-6-3-9-24(20(19)2)30(17-22-11-12-25-26(15-22)34-18-33-25)28(32)23-8-4-7-21(14-23)16-29-13-5-10-27(29)31/h4,7-8,11-12,14-15,19-20,24H,3,5-6,9-10,13,16-18H2,1-2H3. The van der Waals surface area contributed by atoms with Gasteiger partial charge in [0, 0.05) is 37.7 Å². The number of carbonyl (C=O) groups is 2. The predicted octanol–water partition coefficient (Wildman–Crippen LogP) is 5.00. The minimum Gasteiger partial charge on any atom is -0.454 e. The van der Waals surface area contributed by atoms with Crippen LogP contribution in [-0.4, -0.2) is 41.0 Å². The number of nitrogens with zero attached hydrogens (tertiary/aromatic N) is 2. The third-order valence-electron chi connectivity index (χ3n) is 7.83. The van der Waals surface area contributed by atoms with Crippen molar-refractivity contribution in [2.75, 3.05) is 13.3 Å². The van der Waals surface area contributed by atoms with E-state index in [1.807, 2.05) is 47.4 Å². The molecule has 2 fully saturated rings. The molecule has 5 rings (SSSR count). The first-order valence-corrected chi connectivity index (χ1v) is 12.6. The third kappa shape index (κ3) is 4.63. The quantitative estimate of drug-likeness (QED) is 0.606. The van der Waals surface area contributed by atoms with Crippen LogP contribution in [0, 0.1) is 11.8 Å². The molecule has 0 bridgehead atoms. The maximum absolute atomic E-state index is 14.0. The van der Waals surface area contributed by atoms with Crippen LogP contribution < -0.4 is 9.47 Å². The van der Waals surface area contributed by atoms with Gasteiger partial charge in [-0.05, 0) is 60.1 Å². The number of fused-ring (bicyclic) bond motifs is 1. The van der Waals surface area contributed by atoms with Gasteiger partial charge in [0.25, 0.3) is 5.91 Å². The van der Waals surface area contributed by atoms with E-state index in [-0.39, 0.29) is 24.6 Å². The number of carbonyl (C=O) groups excluding carboxylic acids is 2. The van der Waals surface area contributed by atoms with Crippen molar-refractivity contribution in [1.82, 2.24) is 9.80 Å². The van der Waals surface area contributed by atoms with E-state index >= 15 is 0 Å². The van der Waals surface area contributed by atoms with Crippen molar-refractivity contribution >= 4 is 11.8 Å². The summed E-state index contributed by atoms with van der Waals surface area (Å²) in [6.45, 7) is 6.72. The summed E-state index contributed by atoms with van der Waals surface area (Å²) in [5.74, 6) is 2.76. The molecule has 2 aliphatic heterocycles. The summed E-state index contributed by atoms with van der Waals surface area (Å²) in [7, 11) is 0. The van der Waals surface area contributed by atoms with Crippen LogP contribution >= 0.6 is 0 Å². The van der Waals surface area contributed by atoms with Crippen LogP contribution in [-0.2, 0) is 17.9 Å². The largest absolute Gasteiger partial charge is 0.454 e. The van der Waals surface area contributed by atoms with Gasteiger partial charge in [0.15, 0.2) is 11.5 Å². The Hall–Kier alpha value is -3.02. The Morgan fingerprint density at radius 1 is 1.03 bits per heavy atom. The highest BCUT2D eigenvalue weighted by atomic mass is 16.7. The van der Waals surface area contributed by atoms with Crippen molar-refractivity contribution in [2.24, 2.45) is 11.8 Å². The summed E-state index contributed by atoms with van der Waals surface area (Å²) in [4.78, 5) is 30.0. The van der Waals surface area contributed by atoms with Gasteiger partial charge in [-0.3, -0.25) is 9.59 Å². The highest BCUT2D eigenvalue weighted by Crippen LogP contribution is 2.36. The fourth-order valence-electron chi connectivity index (χ4n) is 5.63. The number of benzene rings is 2. The zero-order valence-electron chi connectivity index (χ0n) is 20.2. The second kappa shape index (κ2) is 9.69. The number of hydrogen-bond donors (Lipinski definition) is 0. The summed E-state index contributed by atoms with van der Waals surface area (Å²) < 4.78 is 11.0. The molecule has 1 saturated heterocycles. The number of ether oxygens (including phenoxy) is 2. The fourth-order valence-corrected chi connectivity index (χ4v) is 5.63. The number of hydrogen-bond acceptors (Lipinski definition) is 4. The van der Waals surface area contributed by atoms with Gasteiger partial charge in [0.05, 0.1) is 0 Å². The molecular weight excluding hydrogens is 428 g/mol. The molecule has 6 nitrogen and oxygen atoms in total. The molecule has 0 radical (unpaired) electrons. The lowest BCUT2D eigenvalue weighted by atomic mass is 9.77. The molecular formula is C28H34N2O4. The zero-order valence-corrected chi connectivity index (χ0v) is 20.2. The second-order valence-corrected chi connectivity index (χ2v) is 10.1. The third-order valence-corrected chi connectivity index (χ3v) is 7.83. The normalized spacial score (nSPS) is 23.9. The van der Waals surface area contributed by atoms with Crippen molar-refractivity contribution in [3.05, 3.63) is 59.2 Å². The molecule has 180 valence electrons. The second-order valence-electron chi connectivity index (χ2n) is 10.1. The van der Waals surface area contributed by atoms with Crippen LogP contribution in [0.1, 0.15) is 67.4 Å². The van der Waals surface area contributed by atoms with Crippen LogP contribution in [0.5, 0.6) is 11.5 Å². The van der Waals surface area contributed by atoms with Gasteiger partial charge < -0.3 is 19.3 Å². The van der Waals surface area contributed by atoms with E-state index in [0.29, 0.717) is 36.9 Å². The molecule has 2 amide bonds. The number of amides is 2. The Bertz CT molecular complexity index is 1070. The van der Waals surface area contributed by atoms with Gasteiger partial charge in [-0.15, -0.1) is 0 Å². The molecule has 2 heterocycles. The maximum atomic E-state index is 14.0.